The van der Waals surface area contributed by atoms with E-state index in [4.69, 9.17) is 5.11 Å². The number of hydrogen-bond donors (Lipinski definition) is 3. The fraction of sp³-hybridized carbons (Fsp3) is 0.273. The maximum absolute atomic E-state index is 8.82. The van der Waals surface area contributed by atoms with Gasteiger partial charge in [0.2, 0.25) is 0 Å². The van der Waals surface area contributed by atoms with E-state index in [9.17, 15) is 0 Å². The summed E-state index contributed by atoms with van der Waals surface area (Å²) in [5.74, 6) is 0.657. The number of aliphatic hydroxyl groups excluding tert-OH is 1. The lowest BCUT2D eigenvalue weighted by atomic mass is 10.1. The Morgan fingerprint density at radius 3 is 2.67 bits per heavy atom. The molecule has 1 atom stereocenters. The molecule has 4 nitrogen and oxygen atoms in total. The molecule has 0 amide bonds. The van der Waals surface area contributed by atoms with E-state index in [1.54, 1.807) is 11.0 Å². The molecule has 0 radical (unpaired) electrons. The van der Waals surface area contributed by atoms with Crippen molar-refractivity contribution in [3.05, 3.63) is 36.2 Å². The topological polar surface area (TPSA) is 50.9 Å². The summed E-state index contributed by atoms with van der Waals surface area (Å²) in [6, 6.07) is 7.90. The van der Waals surface area contributed by atoms with Crippen LogP contribution in [0.4, 0.5) is 0 Å². The molecule has 18 heavy (non-hydrogen) atoms. The highest BCUT2D eigenvalue weighted by molar-refractivity contribution is 8.70. The van der Waals surface area contributed by atoms with Gasteiger partial charge in [-0.1, -0.05) is 35.1 Å². The lowest BCUT2D eigenvalue weighted by Gasteiger charge is -2.06. The zero-order valence-corrected chi connectivity index (χ0v) is 12.1. The molecule has 1 aromatic heterocycles. The predicted molar refractivity (Wildman–Crippen MR) is 80.8 cm³/mol. The van der Waals surface area contributed by atoms with Gasteiger partial charge >= 0.3 is 0 Å². The highest BCUT2D eigenvalue weighted by atomic mass is 33.1. The van der Waals surface area contributed by atoms with Crippen LogP contribution in [0.15, 0.2) is 30.6 Å². The molecule has 0 aliphatic carbocycles. The Morgan fingerprint density at radius 1 is 1.33 bits per heavy atom. The average Bonchev–Trinajstić information content (AvgIpc) is 2.87. The van der Waals surface area contributed by atoms with Crippen LogP contribution in [0, 0.1) is 0 Å². The standard InChI is InChI=1S/C11H13N3OS3/c15-6-5-14-7-12-10(13-14)8-1-3-9(4-2-8)11(16)18-17/h1-4,7,11,15-17H,5-6H2. The van der Waals surface area contributed by atoms with Gasteiger partial charge in [-0.05, 0) is 5.56 Å². The zero-order chi connectivity index (χ0) is 13.0. The molecular formula is C11H13N3OS3. The van der Waals surface area contributed by atoms with Crippen molar-refractivity contribution in [3.63, 3.8) is 0 Å². The van der Waals surface area contributed by atoms with Crippen LogP contribution >= 0.6 is 35.1 Å². The molecule has 0 bridgehead atoms. The van der Waals surface area contributed by atoms with E-state index in [-0.39, 0.29) is 11.2 Å². The van der Waals surface area contributed by atoms with Crippen LogP contribution in [0.5, 0.6) is 0 Å². The summed E-state index contributed by atoms with van der Waals surface area (Å²) in [5, 5.41) is 13.1. The Morgan fingerprint density at radius 2 is 2.06 bits per heavy atom. The quantitative estimate of drug-likeness (QED) is 0.451. The van der Waals surface area contributed by atoms with Gasteiger partial charge in [-0.2, -0.15) is 17.7 Å². The second-order valence-electron chi connectivity index (χ2n) is 3.63. The van der Waals surface area contributed by atoms with E-state index in [2.05, 4.69) is 34.4 Å². The van der Waals surface area contributed by atoms with Crippen molar-refractivity contribution >= 4 is 35.1 Å². The largest absolute Gasteiger partial charge is 0.394 e. The fourth-order valence-corrected chi connectivity index (χ4v) is 2.31. The van der Waals surface area contributed by atoms with Gasteiger partial charge in [0.05, 0.1) is 17.7 Å². The molecule has 1 unspecified atom stereocenters. The van der Waals surface area contributed by atoms with Crippen molar-refractivity contribution in [2.75, 3.05) is 6.61 Å². The third-order valence-corrected chi connectivity index (χ3v) is 4.64. The lowest BCUT2D eigenvalue weighted by molar-refractivity contribution is 0.269. The summed E-state index contributed by atoms with van der Waals surface area (Å²) >= 11 is 8.53. The number of rotatable bonds is 5. The van der Waals surface area contributed by atoms with E-state index < -0.39 is 0 Å². The van der Waals surface area contributed by atoms with Crippen LogP contribution in [0.1, 0.15) is 10.1 Å². The van der Waals surface area contributed by atoms with Crippen LogP contribution in [0.2, 0.25) is 0 Å². The summed E-state index contributed by atoms with van der Waals surface area (Å²) in [4.78, 5) is 4.20. The Labute approximate surface area is 120 Å². The Kier molecular flexibility index (Phi) is 4.99. The van der Waals surface area contributed by atoms with E-state index in [1.807, 2.05) is 24.3 Å². The molecule has 0 fully saturated rings. The lowest BCUT2D eigenvalue weighted by Crippen LogP contribution is -2.02. The molecule has 1 heterocycles. The first-order valence-corrected chi connectivity index (χ1v) is 7.78. The molecule has 2 aromatic rings. The zero-order valence-electron chi connectivity index (χ0n) is 9.47. The Bertz CT molecular complexity index is 500. The molecule has 0 spiro atoms. The summed E-state index contributed by atoms with van der Waals surface area (Å²) < 4.78 is 1.68. The number of benzene rings is 1. The summed E-state index contributed by atoms with van der Waals surface area (Å²) in [6.45, 7) is 0.516. The van der Waals surface area contributed by atoms with Crippen molar-refractivity contribution in [3.8, 4) is 11.4 Å². The van der Waals surface area contributed by atoms with Crippen LogP contribution in [-0.2, 0) is 6.54 Å². The smallest absolute Gasteiger partial charge is 0.181 e. The van der Waals surface area contributed by atoms with Crippen molar-refractivity contribution in [2.24, 2.45) is 0 Å². The Hall–Kier alpha value is -0.630. The van der Waals surface area contributed by atoms with E-state index >= 15 is 0 Å². The first-order chi connectivity index (χ1) is 8.74. The Balaban J connectivity index is 2.17. The number of aliphatic hydroxyl groups is 1. The molecule has 7 heteroatoms. The predicted octanol–water partition coefficient (Wildman–Crippen LogP) is 2.44. The number of aromatic nitrogens is 3. The normalized spacial score (nSPS) is 12.6. The molecule has 1 aromatic carbocycles. The fourth-order valence-electron chi connectivity index (χ4n) is 1.49. The van der Waals surface area contributed by atoms with Gasteiger partial charge in [0.1, 0.15) is 6.33 Å². The van der Waals surface area contributed by atoms with Gasteiger partial charge in [0, 0.05) is 5.56 Å². The monoisotopic (exact) mass is 299 g/mol. The van der Waals surface area contributed by atoms with Gasteiger partial charge in [0.15, 0.2) is 5.82 Å². The molecule has 0 saturated heterocycles. The summed E-state index contributed by atoms with van der Waals surface area (Å²) in [6.07, 6.45) is 1.62. The number of thiol groups is 2. The molecule has 0 saturated carbocycles. The van der Waals surface area contributed by atoms with Crippen molar-refractivity contribution in [1.29, 1.82) is 0 Å². The summed E-state index contributed by atoms with van der Waals surface area (Å²) in [5.41, 5.74) is 2.04. The molecule has 0 aliphatic rings. The van der Waals surface area contributed by atoms with Gasteiger partial charge in [-0.25, -0.2) is 4.98 Å². The minimum absolute atomic E-state index is 0.0577. The van der Waals surface area contributed by atoms with E-state index in [1.165, 1.54) is 10.8 Å². The number of hydrogen-bond acceptors (Lipinski definition) is 6. The van der Waals surface area contributed by atoms with Crippen LogP contribution in [0.3, 0.4) is 0 Å². The van der Waals surface area contributed by atoms with Crippen molar-refractivity contribution < 1.29 is 5.11 Å². The van der Waals surface area contributed by atoms with Crippen LogP contribution in [-0.4, -0.2) is 26.5 Å². The third kappa shape index (κ3) is 3.23. The molecular weight excluding hydrogens is 286 g/mol. The first kappa shape index (κ1) is 13.8. The highest BCUT2D eigenvalue weighted by Gasteiger charge is 2.07. The van der Waals surface area contributed by atoms with Crippen LogP contribution in [0.25, 0.3) is 11.4 Å². The first-order valence-electron chi connectivity index (χ1n) is 5.33. The minimum atomic E-state index is 0.0577. The second-order valence-corrected chi connectivity index (χ2v) is 5.82. The molecule has 0 aliphatic heterocycles. The SMILES string of the molecule is OCCn1cnc(-c2ccc(C(S)SS)cc2)n1. The molecule has 2 rings (SSSR count). The van der Waals surface area contributed by atoms with E-state index in [0.29, 0.717) is 12.4 Å². The maximum Gasteiger partial charge on any atom is 0.181 e. The van der Waals surface area contributed by atoms with Crippen molar-refractivity contribution in [2.45, 2.75) is 11.1 Å². The third-order valence-electron chi connectivity index (χ3n) is 2.42. The minimum Gasteiger partial charge on any atom is -0.394 e. The molecule has 1 N–H and O–H groups in total. The van der Waals surface area contributed by atoms with E-state index in [0.717, 1.165) is 11.1 Å². The van der Waals surface area contributed by atoms with Gasteiger partial charge in [0.25, 0.3) is 0 Å². The van der Waals surface area contributed by atoms with Crippen LogP contribution < -0.4 is 0 Å². The number of nitrogens with zero attached hydrogens (tertiary/aromatic N) is 3. The van der Waals surface area contributed by atoms with Gasteiger partial charge < -0.3 is 5.11 Å². The highest BCUT2D eigenvalue weighted by Crippen LogP contribution is 2.35. The second kappa shape index (κ2) is 6.51. The van der Waals surface area contributed by atoms with Gasteiger partial charge in [-0.15, -0.1) is 11.7 Å². The van der Waals surface area contributed by atoms with Gasteiger partial charge in [-0.3, -0.25) is 4.68 Å². The maximum atomic E-state index is 8.82. The van der Waals surface area contributed by atoms with Crippen molar-refractivity contribution in [1.82, 2.24) is 14.8 Å². The summed E-state index contributed by atoms with van der Waals surface area (Å²) in [7, 11) is 1.39. The molecule has 96 valence electrons. The average molecular weight is 299 g/mol.